The number of piperidine rings is 1. The summed E-state index contributed by atoms with van der Waals surface area (Å²) in [6.45, 7) is 1.68. The number of hydrogen-bond acceptors (Lipinski definition) is 3. The normalized spacial score (nSPS) is 18.3. The summed E-state index contributed by atoms with van der Waals surface area (Å²) in [5, 5.41) is 6.02. The third kappa shape index (κ3) is 4.60. The van der Waals surface area contributed by atoms with Crippen LogP contribution in [0.15, 0.2) is 18.2 Å². The molecule has 0 aromatic heterocycles. The van der Waals surface area contributed by atoms with Gasteiger partial charge in [0, 0.05) is 31.5 Å². The van der Waals surface area contributed by atoms with Crippen LogP contribution in [0, 0.1) is 11.6 Å². The van der Waals surface area contributed by atoms with Gasteiger partial charge < -0.3 is 10.6 Å². The lowest BCUT2D eigenvalue weighted by atomic mass is 10.0. The quantitative estimate of drug-likeness (QED) is 0.815. The molecule has 2 N–H and O–H groups in total. The summed E-state index contributed by atoms with van der Waals surface area (Å²) in [6, 6.07) is 2.89. The molecule has 0 saturated carbocycles. The second-order valence-corrected chi connectivity index (χ2v) is 5.16. The average Bonchev–Trinajstić information content (AvgIpc) is 2.46. The van der Waals surface area contributed by atoms with Gasteiger partial charge in [-0.1, -0.05) is 0 Å². The van der Waals surface area contributed by atoms with E-state index in [1.807, 2.05) is 0 Å². The van der Waals surface area contributed by atoms with Crippen LogP contribution in [0.3, 0.4) is 0 Å². The van der Waals surface area contributed by atoms with Crippen LogP contribution in [0.25, 0.3) is 0 Å². The highest BCUT2D eigenvalue weighted by atomic mass is 19.1. The topological polar surface area (TPSA) is 58.2 Å². The molecule has 1 aliphatic rings. The van der Waals surface area contributed by atoms with Crippen molar-refractivity contribution in [2.75, 3.05) is 13.1 Å². The smallest absolute Gasteiger partial charge is 0.220 e. The Kier molecular flexibility index (Phi) is 5.38. The van der Waals surface area contributed by atoms with E-state index in [9.17, 15) is 18.4 Å². The van der Waals surface area contributed by atoms with Crippen molar-refractivity contribution in [3.63, 3.8) is 0 Å². The zero-order valence-electron chi connectivity index (χ0n) is 11.6. The van der Waals surface area contributed by atoms with Crippen LogP contribution in [0.4, 0.5) is 8.78 Å². The molecular formula is C15H18F2N2O2. The first-order valence-corrected chi connectivity index (χ1v) is 7.04. The Morgan fingerprint density at radius 1 is 1.29 bits per heavy atom. The number of Topliss-reactive ketones (excluding diaryl/α,β-unsaturated/α-hetero) is 1. The zero-order chi connectivity index (χ0) is 15.2. The number of halogens is 2. The molecule has 0 unspecified atom stereocenters. The van der Waals surface area contributed by atoms with E-state index >= 15 is 0 Å². The van der Waals surface area contributed by atoms with Crippen molar-refractivity contribution in [1.82, 2.24) is 10.6 Å². The summed E-state index contributed by atoms with van der Waals surface area (Å²) in [4.78, 5) is 23.6. The predicted molar refractivity (Wildman–Crippen MR) is 74.0 cm³/mol. The van der Waals surface area contributed by atoms with Crippen molar-refractivity contribution < 1.29 is 18.4 Å². The fourth-order valence-corrected chi connectivity index (χ4v) is 2.35. The molecule has 0 radical (unpaired) electrons. The number of amides is 1. The Bertz CT molecular complexity index is 528. The molecular weight excluding hydrogens is 278 g/mol. The summed E-state index contributed by atoms with van der Waals surface area (Å²) in [5.41, 5.74) is -0.177. The van der Waals surface area contributed by atoms with E-state index in [0.29, 0.717) is 6.07 Å². The first kappa shape index (κ1) is 15.6. The third-order valence-electron chi connectivity index (χ3n) is 3.47. The van der Waals surface area contributed by atoms with Crippen LogP contribution < -0.4 is 10.6 Å². The van der Waals surface area contributed by atoms with Gasteiger partial charge in [-0.3, -0.25) is 9.59 Å². The first-order valence-electron chi connectivity index (χ1n) is 7.04. The lowest BCUT2D eigenvalue weighted by Gasteiger charge is -2.23. The minimum absolute atomic E-state index is 0.00610. The van der Waals surface area contributed by atoms with Crippen molar-refractivity contribution >= 4 is 11.7 Å². The maximum absolute atomic E-state index is 13.4. The standard InChI is InChI=1S/C15H18F2N2O2/c16-10-3-4-12(13(17)8-10)14(20)5-6-15(21)19-11-2-1-7-18-9-11/h3-4,8,11,18H,1-2,5-7,9H2,(H,19,21)/t11-/m0/s1. The highest BCUT2D eigenvalue weighted by molar-refractivity contribution is 5.98. The van der Waals surface area contributed by atoms with E-state index in [4.69, 9.17) is 0 Å². The molecule has 6 heteroatoms. The van der Waals surface area contributed by atoms with Crippen molar-refractivity contribution in [3.8, 4) is 0 Å². The molecule has 0 bridgehead atoms. The Labute approximate surface area is 121 Å². The van der Waals surface area contributed by atoms with Gasteiger partial charge in [-0.2, -0.15) is 0 Å². The molecule has 21 heavy (non-hydrogen) atoms. The van der Waals surface area contributed by atoms with Crippen LogP contribution in [-0.2, 0) is 4.79 Å². The van der Waals surface area contributed by atoms with Gasteiger partial charge in [-0.25, -0.2) is 8.78 Å². The van der Waals surface area contributed by atoms with Crippen LogP contribution in [0.1, 0.15) is 36.0 Å². The minimum Gasteiger partial charge on any atom is -0.352 e. The van der Waals surface area contributed by atoms with Gasteiger partial charge in [-0.15, -0.1) is 0 Å². The molecule has 1 aromatic carbocycles. The lowest BCUT2D eigenvalue weighted by molar-refractivity contribution is -0.121. The van der Waals surface area contributed by atoms with Crippen LogP contribution in [0.5, 0.6) is 0 Å². The fourth-order valence-electron chi connectivity index (χ4n) is 2.35. The van der Waals surface area contributed by atoms with E-state index < -0.39 is 17.4 Å². The molecule has 1 saturated heterocycles. The monoisotopic (exact) mass is 296 g/mol. The zero-order valence-corrected chi connectivity index (χ0v) is 11.6. The van der Waals surface area contributed by atoms with Crippen molar-refractivity contribution in [2.24, 2.45) is 0 Å². The number of carbonyl (C=O) groups is 2. The van der Waals surface area contributed by atoms with Gasteiger partial charge in [0.2, 0.25) is 5.91 Å². The van der Waals surface area contributed by atoms with Crippen LogP contribution >= 0.6 is 0 Å². The molecule has 1 aliphatic heterocycles. The fraction of sp³-hybridized carbons (Fsp3) is 0.467. The number of rotatable bonds is 5. The summed E-state index contributed by atoms with van der Waals surface area (Å²) >= 11 is 0. The maximum atomic E-state index is 13.4. The van der Waals surface area contributed by atoms with E-state index in [2.05, 4.69) is 10.6 Å². The average molecular weight is 296 g/mol. The summed E-state index contributed by atoms with van der Waals surface area (Å²) in [6.07, 6.45) is 1.84. The molecule has 114 valence electrons. The van der Waals surface area contributed by atoms with Gasteiger partial charge >= 0.3 is 0 Å². The van der Waals surface area contributed by atoms with E-state index in [1.54, 1.807) is 0 Å². The molecule has 1 amide bonds. The highest BCUT2D eigenvalue weighted by Gasteiger charge is 2.17. The molecule has 0 spiro atoms. The molecule has 4 nitrogen and oxygen atoms in total. The van der Waals surface area contributed by atoms with Crippen molar-refractivity contribution in [3.05, 3.63) is 35.4 Å². The molecule has 1 heterocycles. The molecule has 2 rings (SSSR count). The summed E-state index contributed by atoms with van der Waals surface area (Å²) in [7, 11) is 0. The van der Waals surface area contributed by atoms with Gasteiger partial charge in [0.25, 0.3) is 0 Å². The minimum atomic E-state index is -0.892. The van der Waals surface area contributed by atoms with Gasteiger partial charge in [0.1, 0.15) is 11.6 Å². The Balaban J connectivity index is 1.81. The largest absolute Gasteiger partial charge is 0.352 e. The molecule has 1 fully saturated rings. The van der Waals surface area contributed by atoms with Crippen LogP contribution in [0.2, 0.25) is 0 Å². The first-order chi connectivity index (χ1) is 10.1. The second-order valence-electron chi connectivity index (χ2n) is 5.16. The predicted octanol–water partition coefficient (Wildman–Crippen LogP) is 1.80. The van der Waals surface area contributed by atoms with E-state index in [0.717, 1.165) is 38.1 Å². The van der Waals surface area contributed by atoms with E-state index in [-0.39, 0.29) is 30.4 Å². The van der Waals surface area contributed by atoms with Gasteiger partial charge in [-0.05, 0) is 31.5 Å². The Hall–Kier alpha value is -1.82. The van der Waals surface area contributed by atoms with Crippen LogP contribution in [-0.4, -0.2) is 30.8 Å². The molecule has 1 atom stereocenters. The number of ketones is 1. The lowest BCUT2D eigenvalue weighted by Crippen LogP contribution is -2.45. The Morgan fingerprint density at radius 3 is 2.76 bits per heavy atom. The van der Waals surface area contributed by atoms with Gasteiger partial charge in [0.15, 0.2) is 5.78 Å². The van der Waals surface area contributed by atoms with Gasteiger partial charge in [0.05, 0.1) is 5.56 Å². The van der Waals surface area contributed by atoms with Crippen molar-refractivity contribution in [2.45, 2.75) is 31.7 Å². The highest BCUT2D eigenvalue weighted by Crippen LogP contribution is 2.13. The number of hydrogen-bond donors (Lipinski definition) is 2. The Morgan fingerprint density at radius 2 is 2.10 bits per heavy atom. The third-order valence-corrected chi connectivity index (χ3v) is 3.47. The summed E-state index contributed by atoms with van der Waals surface area (Å²) in [5.74, 6) is -2.34. The number of nitrogens with one attached hydrogen (secondary N) is 2. The van der Waals surface area contributed by atoms with E-state index in [1.165, 1.54) is 0 Å². The SMILES string of the molecule is O=C(CCC(=O)c1ccc(F)cc1F)N[C@H]1CCCNC1. The maximum Gasteiger partial charge on any atom is 0.220 e. The number of benzene rings is 1. The van der Waals surface area contributed by atoms with Crippen molar-refractivity contribution in [1.29, 1.82) is 0 Å². The molecule has 1 aromatic rings. The second kappa shape index (κ2) is 7.26. The summed E-state index contributed by atoms with van der Waals surface area (Å²) < 4.78 is 26.2. The number of carbonyl (C=O) groups excluding carboxylic acids is 2. The molecule has 0 aliphatic carbocycles.